The molecule has 104 valence electrons. The van der Waals surface area contributed by atoms with Gasteiger partial charge in [-0.05, 0) is 18.4 Å². The van der Waals surface area contributed by atoms with Crippen molar-refractivity contribution in [3.63, 3.8) is 0 Å². The molecule has 0 saturated heterocycles. The lowest BCUT2D eigenvalue weighted by Gasteiger charge is -2.41. The standard InChI is InChI=1S/C17H20N2O/c20-16(15-13-18-11-12-19-15)17(9-5-2-6-10-17)14-7-3-1-4-8-14/h1,3-4,7-8,11-13,16,20H,2,5-6,9-10H2. The predicted octanol–water partition coefficient (Wildman–Crippen LogP) is 3.41. The van der Waals surface area contributed by atoms with E-state index in [0.29, 0.717) is 5.69 Å². The molecule has 1 heterocycles. The molecule has 3 heteroatoms. The molecule has 1 fully saturated rings. The zero-order valence-corrected chi connectivity index (χ0v) is 11.6. The minimum atomic E-state index is -0.584. The minimum Gasteiger partial charge on any atom is -0.386 e. The Bertz CT molecular complexity index is 535. The number of aromatic nitrogens is 2. The number of nitrogens with zero attached hydrogens (tertiary/aromatic N) is 2. The van der Waals surface area contributed by atoms with Crippen LogP contribution < -0.4 is 0 Å². The maximum Gasteiger partial charge on any atom is 0.107 e. The summed E-state index contributed by atoms with van der Waals surface area (Å²) in [5, 5.41) is 10.9. The molecule has 3 nitrogen and oxygen atoms in total. The van der Waals surface area contributed by atoms with E-state index in [1.807, 2.05) is 6.07 Å². The van der Waals surface area contributed by atoms with Crippen molar-refractivity contribution in [1.82, 2.24) is 9.97 Å². The fraction of sp³-hybridized carbons (Fsp3) is 0.412. The minimum absolute atomic E-state index is 0.213. The first-order valence-corrected chi connectivity index (χ1v) is 7.32. The summed E-state index contributed by atoms with van der Waals surface area (Å²) < 4.78 is 0. The molecule has 1 unspecified atom stereocenters. The first kappa shape index (κ1) is 13.3. The fourth-order valence-corrected chi connectivity index (χ4v) is 3.41. The molecule has 1 saturated carbocycles. The van der Waals surface area contributed by atoms with Gasteiger partial charge in [-0.2, -0.15) is 0 Å². The van der Waals surface area contributed by atoms with Crippen molar-refractivity contribution in [2.75, 3.05) is 0 Å². The van der Waals surface area contributed by atoms with Gasteiger partial charge in [-0.25, -0.2) is 0 Å². The molecule has 1 aromatic carbocycles. The third-order valence-electron chi connectivity index (χ3n) is 4.48. The molecule has 3 rings (SSSR count). The third kappa shape index (κ3) is 2.34. The topological polar surface area (TPSA) is 46.0 Å². The Morgan fingerprint density at radius 3 is 2.40 bits per heavy atom. The molecule has 1 aliphatic rings. The third-order valence-corrected chi connectivity index (χ3v) is 4.48. The Morgan fingerprint density at radius 1 is 1.00 bits per heavy atom. The summed E-state index contributed by atoms with van der Waals surface area (Å²) in [5.41, 5.74) is 1.69. The number of aliphatic hydroxyl groups excluding tert-OH is 1. The van der Waals surface area contributed by atoms with Crippen molar-refractivity contribution < 1.29 is 5.11 Å². The van der Waals surface area contributed by atoms with Crippen LogP contribution >= 0.6 is 0 Å². The predicted molar refractivity (Wildman–Crippen MR) is 78.2 cm³/mol. The lowest BCUT2D eigenvalue weighted by atomic mass is 9.65. The van der Waals surface area contributed by atoms with E-state index >= 15 is 0 Å². The van der Waals surface area contributed by atoms with E-state index in [-0.39, 0.29) is 5.41 Å². The quantitative estimate of drug-likeness (QED) is 0.927. The zero-order valence-electron chi connectivity index (χ0n) is 11.6. The molecule has 1 aromatic heterocycles. The van der Waals surface area contributed by atoms with Gasteiger partial charge in [-0.3, -0.25) is 9.97 Å². The second kappa shape index (κ2) is 5.71. The van der Waals surface area contributed by atoms with Crippen molar-refractivity contribution in [3.8, 4) is 0 Å². The highest BCUT2D eigenvalue weighted by molar-refractivity contribution is 5.30. The van der Waals surface area contributed by atoms with Gasteiger partial charge in [0.15, 0.2) is 0 Å². The van der Waals surface area contributed by atoms with E-state index in [4.69, 9.17) is 0 Å². The van der Waals surface area contributed by atoms with Crippen molar-refractivity contribution in [2.45, 2.75) is 43.6 Å². The molecule has 2 aromatic rings. The number of hydrogen-bond donors (Lipinski definition) is 1. The van der Waals surface area contributed by atoms with Gasteiger partial charge in [-0.1, -0.05) is 49.6 Å². The summed E-state index contributed by atoms with van der Waals surface area (Å²) >= 11 is 0. The van der Waals surface area contributed by atoms with Crippen LogP contribution in [-0.4, -0.2) is 15.1 Å². The molecule has 1 atom stereocenters. The molecule has 0 amide bonds. The highest BCUT2D eigenvalue weighted by Crippen LogP contribution is 2.47. The van der Waals surface area contributed by atoms with Gasteiger partial charge in [-0.15, -0.1) is 0 Å². The molecule has 0 bridgehead atoms. The van der Waals surface area contributed by atoms with E-state index in [9.17, 15) is 5.11 Å². The number of aliphatic hydroxyl groups is 1. The summed E-state index contributed by atoms with van der Waals surface area (Å²) in [4.78, 5) is 8.41. The average molecular weight is 268 g/mol. The maximum absolute atomic E-state index is 10.9. The van der Waals surface area contributed by atoms with E-state index in [1.165, 1.54) is 12.0 Å². The highest BCUT2D eigenvalue weighted by atomic mass is 16.3. The van der Waals surface area contributed by atoms with Crippen molar-refractivity contribution in [2.24, 2.45) is 0 Å². The van der Waals surface area contributed by atoms with Gasteiger partial charge in [0.25, 0.3) is 0 Å². The van der Waals surface area contributed by atoms with Crippen LogP contribution in [0.4, 0.5) is 0 Å². The average Bonchev–Trinajstić information content (AvgIpc) is 2.56. The SMILES string of the molecule is OC(c1cnccn1)C1(c2ccccc2)CCCCC1. The summed E-state index contributed by atoms with van der Waals surface area (Å²) in [6.07, 6.45) is 9.99. The van der Waals surface area contributed by atoms with Gasteiger partial charge >= 0.3 is 0 Å². The van der Waals surface area contributed by atoms with Gasteiger partial charge in [0, 0.05) is 17.8 Å². The summed E-state index contributed by atoms with van der Waals surface area (Å²) in [6.45, 7) is 0. The largest absolute Gasteiger partial charge is 0.386 e. The highest BCUT2D eigenvalue weighted by Gasteiger charge is 2.41. The summed E-state index contributed by atoms with van der Waals surface area (Å²) in [6, 6.07) is 10.4. The Kier molecular flexibility index (Phi) is 3.79. The lowest BCUT2D eigenvalue weighted by molar-refractivity contribution is 0.0492. The summed E-state index contributed by atoms with van der Waals surface area (Å²) in [5.74, 6) is 0. The zero-order chi connectivity index (χ0) is 13.8. The lowest BCUT2D eigenvalue weighted by Crippen LogP contribution is -2.36. The summed E-state index contributed by atoms with van der Waals surface area (Å²) in [7, 11) is 0. The second-order valence-corrected chi connectivity index (χ2v) is 5.62. The van der Waals surface area contributed by atoms with Crippen LogP contribution in [0.1, 0.15) is 49.5 Å². The molecule has 1 N–H and O–H groups in total. The molecule has 20 heavy (non-hydrogen) atoms. The van der Waals surface area contributed by atoms with Crippen LogP contribution in [0.25, 0.3) is 0 Å². The Balaban J connectivity index is 2.02. The van der Waals surface area contributed by atoms with Crippen LogP contribution in [0.5, 0.6) is 0 Å². The van der Waals surface area contributed by atoms with E-state index in [0.717, 1.165) is 25.7 Å². The van der Waals surface area contributed by atoms with E-state index < -0.39 is 6.10 Å². The number of hydrogen-bond acceptors (Lipinski definition) is 3. The number of benzene rings is 1. The van der Waals surface area contributed by atoms with Gasteiger partial charge in [0.1, 0.15) is 6.10 Å². The van der Waals surface area contributed by atoms with Crippen LogP contribution in [0.2, 0.25) is 0 Å². The second-order valence-electron chi connectivity index (χ2n) is 5.62. The van der Waals surface area contributed by atoms with Crippen LogP contribution in [0.15, 0.2) is 48.9 Å². The van der Waals surface area contributed by atoms with Crippen molar-refractivity contribution in [1.29, 1.82) is 0 Å². The fourth-order valence-electron chi connectivity index (χ4n) is 3.41. The molecule has 1 aliphatic carbocycles. The first-order chi connectivity index (χ1) is 9.83. The Morgan fingerprint density at radius 2 is 1.75 bits per heavy atom. The molecular formula is C17H20N2O. The first-order valence-electron chi connectivity index (χ1n) is 7.32. The normalized spacial score (nSPS) is 19.4. The van der Waals surface area contributed by atoms with Crippen molar-refractivity contribution in [3.05, 3.63) is 60.2 Å². The van der Waals surface area contributed by atoms with E-state index in [1.54, 1.807) is 18.6 Å². The molecule has 0 radical (unpaired) electrons. The van der Waals surface area contributed by atoms with Gasteiger partial charge < -0.3 is 5.11 Å². The Labute approximate surface area is 119 Å². The molecule has 0 spiro atoms. The van der Waals surface area contributed by atoms with Gasteiger partial charge in [0.05, 0.1) is 11.9 Å². The van der Waals surface area contributed by atoms with E-state index in [2.05, 4.69) is 34.2 Å². The van der Waals surface area contributed by atoms with Gasteiger partial charge in [0.2, 0.25) is 0 Å². The molecule has 0 aliphatic heterocycles. The molecular weight excluding hydrogens is 248 g/mol. The smallest absolute Gasteiger partial charge is 0.107 e. The maximum atomic E-state index is 10.9. The number of rotatable bonds is 3. The Hall–Kier alpha value is -1.74. The monoisotopic (exact) mass is 268 g/mol. The van der Waals surface area contributed by atoms with Crippen LogP contribution in [-0.2, 0) is 5.41 Å². The van der Waals surface area contributed by atoms with Crippen molar-refractivity contribution >= 4 is 0 Å². The van der Waals surface area contributed by atoms with Crippen LogP contribution in [0, 0.1) is 0 Å². The van der Waals surface area contributed by atoms with Crippen LogP contribution in [0.3, 0.4) is 0 Å².